The molecule has 2 rings (SSSR count). The second-order valence-electron chi connectivity index (χ2n) is 4.80. The van der Waals surface area contributed by atoms with Gasteiger partial charge in [0.2, 0.25) is 0 Å². The molecule has 1 heterocycles. The molecule has 0 saturated heterocycles. The predicted molar refractivity (Wildman–Crippen MR) is 59.8 cm³/mol. The summed E-state index contributed by atoms with van der Waals surface area (Å²) in [6.07, 6.45) is 5.11. The molecule has 1 aromatic rings. The second-order valence-corrected chi connectivity index (χ2v) is 4.80. The SMILES string of the molecule is CC(C)c1n[nH]c(C2CCCC2)c1CO. The Morgan fingerprint density at radius 2 is 2.07 bits per heavy atom. The van der Waals surface area contributed by atoms with E-state index < -0.39 is 0 Å². The van der Waals surface area contributed by atoms with Crippen LogP contribution < -0.4 is 0 Å². The summed E-state index contributed by atoms with van der Waals surface area (Å²) in [6.45, 7) is 4.36. The maximum Gasteiger partial charge on any atom is 0.0718 e. The first-order chi connectivity index (χ1) is 7.24. The van der Waals surface area contributed by atoms with Crippen molar-refractivity contribution in [3.63, 3.8) is 0 Å². The lowest BCUT2D eigenvalue weighted by Crippen LogP contribution is -2.00. The number of aromatic amines is 1. The Morgan fingerprint density at radius 1 is 1.40 bits per heavy atom. The van der Waals surface area contributed by atoms with Crippen LogP contribution in [0.25, 0.3) is 0 Å². The minimum atomic E-state index is 0.121. The van der Waals surface area contributed by atoms with Crippen LogP contribution in [0, 0.1) is 0 Å². The standard InChI is InChI=1S/C12H20N2O/c1-8(2)11-10(7-15)12(14-13-11)9-5-3-4-6-9/h8-9,15H,3-7H2,1-2H3,(H,13,14). The third kappa shape index (κ3) is 1.93. The number of aliphatic hydroxyl groups is 1. The Kier molecular flexibility index (Phi) is 3.10. The summed E-state index contributed by atoms with van der Waals surface area (Å²) in [5, 5.41) is 16.9. The van der Waals surface area contributed by atoms with E-state index in [1.807, 2.05) is 0 Å². The molecule has 2 N–H and O–H groups in total. The van der Waals surface area contributed by atoms with Gasteiger partial charge >= 0.3 is 0 Å². The van der Waals surface area contributed by atoms with Gasteiger partial charge in [0.15, 0.2) is 0 Å². The van der Waals surface area contributed by atoms with Crippen LogP contribution in [0.2, 0.25) is 0 Å². The Balaban J connectivity index is 2.30. The number of H-pyrrole nitrogens is 1. The van der Waals surface area contributed by atoms with Gasteiger partial charge in [-0.05, 0) is 18.8 Å². The summed E-state index contributed by atoms with van der Waals surface area (Å²) in [4.78, 5) is 0. The molecule has 15 heavy (non-hydrogen) atoms. The maximum absolute atomic E-state index is 9.44. The van der Waals surface area contributed by atoms with E-state index in [2.05, 4.69) is 24.0 Å². The highest BCUT2D eigenvalue weighted by molar-refractivity contribution is 5.30. The molecular formula is C12H20N2O. The van der Waals surface area contributed by atoms with Crippen molar-refractivity contribution in [3.8, 4) is 0 Å². The molecule has 0 amide bonds. The van der Waals surface area contributed by atoms with Crippen LogP contribution in [0.5, 0.6) is 0 Å². The lowest BCUT2D eigenvalue weighted by molar-refractivity contribution is 0.278. The smallest absolute Gasteiger partial charge is 0.0718 e. The molecule has 0 spiro atoms. The van der Waals surface area contributed by atoms with Crippen LogP contribution in [0.3, 0.4) is 0 Å². The topological polar surface area (TPSA) is 48.9 Å². The average molecular weight is 208 g/mol. The van der Waals surface area contributed by atoms with Gasteiger partial charge in [0, 0.05) is 17.2 Å². The van der Waals surface area contributed by atoms with Gasteiger partial charge < -0.3 is 5.11 Å². The molecule has 84 valence electrons. The van der Waals surface area contributed by atoms with E-state index in [9.17, 15) is 5.11 Å². The van der Waals surface area contributed by atoms with Gasteiger partial charge in [0.05, 0.1) is 12.3 Å². The Morgan fingerprint density at radius 3 is 2.60 bits per heavy atom. The first kappa shape index (κ1) is 10.7. The number of hydrogen-bond donors (Lipinski definition) is 2. The van der Waals surface area contributed by atoms with Crippen LogP contribution in [-0.2, 0) is 6.61 Å². The molecule has 1 fully saturated rings. The molecule has 1 aliphatic carbocycles. The van der Waals surface area contributed by atoms with Crippen molar-refractivity contribution in [2.45, 2.75) is 58.0 Å². The quantitative estimate of drug-likeness (QED) is 0.802. The van der Waals surface area contributed by atoms with Crippen LogP contribution in [0.15, 0.2) is 0 Å². The van der Waals surface area contributed by atoms with Crippen molar-refractivity contribution in [2.24, 2.45) is 0 Å². The third-order valence-corrected chi connectivity index (χ3v) is 3.40. The molecule has 0 unspecified atom stereocenters. The van der Waals surface area contributed by atoms with E-state index in [1.54, 1.807) is 0 Å². The lowest BCUT2D eigenvalue weighted by atomic mass is 9.96. The minimum Gasteiger partial charge on any atom is -0.392 e. The van der Waals surface area contributed by atoms with Gasteiger partial charge in [-0.25, -0.2) is 0 Å². The molecule has 0 radical (unpaired) electrons. The largest absolute Gasteiger partial charge is 0.392 e. The van der Waals surface area contributed by atoms with E-state index in [4.69, 9.17) is 0 Å². The van der Waals surface area contributed by atoms with Gasteiger partial charge in [0.25, 0.3) is 0 Å². The van der Waals surface area contributed by atoms with Crippen molar-refractivity contribution in [1.82, 2.24) is 10.2 Å². The zero-order chi connectivity index (χ0) is 10.8. The number of nitrogens with one attached hydrogen (secondary N) is 1. The molecule has 1 aromatic heterocycles. The molecule has 0 aliphatic heterocycles. The summed E-state index contributed by atoms with van der Waals surface area (Å²) in [5.41, 5.74) is 3.29. The highest BCUT2D eigenvalue weighted by Crippen LogP contribution is 2.36. The zero-order valence-corrected chi connectivity index (χ0v) is 9.58. The van der Waals surface area contributed by atoms with Gasteiger partial charge in [-0.2, -0.15) is 5.10 Å². The number of nitrogens with zero attached hydrogens (tertiary/aromatic N) is 1. The average Bonchev–Trinajstić information content (AvgIpc) is 2.85. The summed E-state index contributed by atoms with van der Waals surface area (Å²) < 4.78 is 0. The van der Waals surface area contributed by atoms with Crippen LogP contribution in [-0.4, -0.2) is 15.3 Å². The van der Waals surface area contributed by atoms with Crippen molar-refractivity contribution >= 4 is 0 Å². The molecule has 3 heteroatoms. The molecule has 0 atom stereocenters. The molecule has 3 nitrogen and oxygen atoms in total. The monoisotopic (exact) mass is 208 g/mol. The first-order valence-corrected chi connectivity index (χ1v) is 5.92. The zero-order valence-electron chi connectivity index (χ0n) is 9.58. The van der Waals surface area contributed by atoms with Gasteiger partial charge in [0.1, 0.15) is 0 Å². The van der Waals surface area contributed by atoms with E-state index >= 15 is 0 Å². The number of hydrogen-bond acceptors (Lipinski definition) is 2. The predicted octanol–water partition coefficient (Wildman–Crippen LogP) is 2.68. The Bertz CT molecular complexity index is 324. The molecule has 0 bridgehead atoms. The van der Waals surface area contributed by atoms with Crippen LogP contribution in [0.1, 0.15) is 68.3 Å². The van der Waals surface area contributed by atoms with E-state index in [0.29, 0.717) is 11.8 Å². The summed E-state index contributed by atoms with van der Waals surface area (Å²) in [6, 6.07) is 0. The second kappa shape index (κ2) is 4.35. The fraction of sp³-hybridized carbons (Fsp3) is 0.750. The minimum absolute atomic E-state index is 0.121. The highest BCUT2D eigenvalue weighted by atomic mass is 16.3. The third-order valence-electron chi connectivity index (χ3n) is 3.40. The molecule has 0 aromatic carbocycles. The fourth-order valence-corrected chi connectivity index (χ4v) is 2.59. The van der Waals surface area contributed by atoms with Gasteiger partial charge in [-0.3, -0.25) is 5.10 Å². The van der Waals surface area contributed by atoms with Crippen molar-refractivity contribution in [1.29, 1.82) is 0 Å². The molecule has 1 saturated carbocycles. The number of aromatic nitrogens is 2. The van der Waals surface area contributed by atoms with E-state index in [0.717, 1.165) is 11.3 Å². The Labute approximate surface area is 90.9 Å². The van der Waals surface area contributed by atoms with Gasteiger partial charge in [-0.1, -0.05) is 26.7 Å². The van der Waals surface area contributed by atoms with Crippen LogP contribution >= 0.6 is 0 Å². The number of rotatable bonds is 3. The van der Waals surface area contributed by atoms with Crippen molar-refractivity contribution < 1.29 is 5.11 Å². The normalized spacial score (nSPS) is 17.9. The summed E-state index contributed by atoms with van der Waals surface area (Å²) >= 11 is 0. The maximum atomic E-state index is 9.44. The fourth-order valence-electron chi connectivity index (χ4n) is 2.59. The summed E-state index contributed by atoms with van der Waals surface area (Å²) in [7, 11) is 0. The molecule has 1 aliphatic rings. The van der Waals surface area contributed by atoms with E-state index in [1.165, 1.54) is 31.4 Å². The lowest BCUT2D eigenvalue weighted by Gasteiger charge is -2.09. The van der Waals surface area contributed by atoms with Crippen molar-refractivity contribution in [3.05, 3.63) is 17.0 Å². The summed E-state index contributed by atoms with van der Waals surface area (Å²) in [5.74, 6) is 0.991. The van der Waals surface area contributed by atoms with Crippen LogP contribution in [0.4, 0.5) is 0 Å². The van der Waals surface area contributed by atoms with Gasteiger partial charge in [-0.15, -0.1) is 0 Å². The first-order valence-electron chi connectivity index (χ1n) is 5.92. The Hall–Kier alpha value is -0.830. The number of aliphatic hydroxyl groups excluding tert-OH is 1. The molecular weight excluding hydrogens is 188 g/mol. The highest BCUT2D eigenvalue weighted by Gasteiger charge is 2.24. The van der Waals surface area contributed by atoms with Crippen molar-refractivity contribution in [2.75, 3.05) is 0 Å². The van der Waals surface area contributed by atoms with E-state index in [-0.39, 0.29) is 6.61 Å².